The van der Waals surface area contributed by atoms with Gasteiger partial charge in [0, 0.05) is 75.3 Å². The van der Waals surface area contributed by atoms with Crippen molar-refractivity contribution >= 4 is 11.9 Å². The summed E-state index contributed by atoms with van der Waals surface area (Å²) in [4.78, 5) is 25.4. The third-order valence-corrected chi connectivity index (χ3v) is 9.02. The van der Waals surface area contributed by atoms with Crippen molar-refractivity contribution < 1.29 is 43.8 Å². The molecule has 12 nitrogen and oxygen atoms in total. The number of nitrogens with one attached hydrogen (secondary N) is 1. The average Bonchev–Trinajstić information content (AvgIpc) is 3.05. The van der Waals surface area contributed by atoms with Crippen molar-refractivity contribution in [2.24, 2.45) is 11.8 Å². The Balaban J connectivity index is 1.11. The number of aliphatic hydroxyl groups excluding tert-OH is 5. The third-order valence-electron chi connectivity index (χ3n) is 9.02. The van der Waals surface area contributed by atoms with Crippen LogP contribution in [0.1, 0.15) is 50.2 Å². The Labute approximate surface area is 274 Å². The van der Waals surface area contributed by atoms with Gasteiger partial charge in [0.05, 0.1) is 25.7 Å². The number of nitrogens with zero attached hydrogens (tertiary/aromatic N) is 4. The standard InChI is InChI=1S/C33H49F2N5O7/c1-2-4-22-15-37-33(38-16-22)39-8-6-21(7-9-39)5-3-10-47-24-11-26(34)25(27(35)12-24)13-30(44)40-18-23(19-40)14-36-17-28(42)31(45)32(46)29(43)20-41/h11-12,15-16,21,23,28-29,31-32,36,41-43,45-46H,2-10,13-14,17-20H2,1H3. The Kier molecular flexibility index (Phi) is 14.1. The number of aryl methyl sites for hydroxylation is 1. The van der Waals surface area contributed by atoms with Crippen LogP contribution in [-0.2, 0) is 17.6 Å². The maximum absolute atomic E-state index is 14.8. The van der Waals surface area contributed by atoms with E-state index in [-0.39, 0.29) is 23.8 Å². The molecule has 4 rings (SSSR count). The molecular formula is C33H49F2N5O7. The number of anilines is 1. The molecule has 0 radical (unpaired) electrons. The molecular weight excluding hydrogens is 616 g/mol. The van der Waals surface area contributed by atoms with Crippen molar-refractivity contribution in [1.29, 1.82) is 0 Å². The second kappa shape index (κ2) is 17.9. The molecule has 6 N–H and O–H groups in total. The first-order valence-electron chi connectivity index (χ1n) is 16.6. The number of ether oxygens (including phenoxy) is 1. The van der Waals surface area contributed by atoms with Crippen LogP contribution in [0.3, 0.4) is 0 Å². The number of amides is 1. The van der Waals surface area contributed by atoms with Crippen molar-refractivity contribution in [3.63, 3.8) is 0 Å². The molecule has 2 aliphatic heterocycles. The molecule has 1 aromatic carbocycles. The van der Waals surface area contributed by atoms with E-state index >= 15 is 0 Å². The Bertz CT molecular complexity index is 1240. The summed E-state index contributed by atoms with van der Waals surface area (Å²) in [7, 11) is 0. The molecule has 3 heterocycles. The molecule has 0 saturated carbocycles. The van der Waals surface area contributed by atoms with Gasteiger partial charge >= 0.3 is 0 Å². The molecule has 0 aliphatic carbocycles. The quantitative estimate of drug-likeness (QED) is 0.125. The summed E-state index contributed by atoms with van der Waals surface area (Å²) in [5, 5.41) is 50.7. The highest BCUT2D eigenvalue weighted by molar-refractivity contribution is 5.79. The monoisotopic (exact) mass is 665 g/mol. The summed E-state index contributed by atoms with van der Waals surface area (Å²) >= 11 is 0. The summed E-state index contributed by atoms with van der Waals surface area (Å²) in [5.41, 5.74) is 0.845. The molecule has 2 saturated heterocycles. The predicted octanol–water partition coefficient (Wildman–Crippen LogP) is 0.809. The maximum atomic E-state index is 14.8. The highest BCUT2D eigenvalue weighted by atomic mass is 19.1. The number of halogens is 2. The lowest BCUT2D eigenvalue weighted by atomic mass is 9.92. The summed E-state index contributed by atoms with van der Waals surface area (Å²) in [5.74, 6) is -0.623. The van der Waals surface area contributed by atoms with E-state index in [4.69, 9.17) is 9.84 Å². The normalized spacial score (nSPS) is 18.5. The van der Waals surface area contributed by atoms with Crippen LogP contribution in [-0.4, -0.2) is 123 Å². The molecule has 0 bridgehead atoms. The SMILES string of the molecule is CCCc1cnc(N2CCC(CCCOc3cc(F)c(CC(=O)N4CC(CNCC(O)C(O)C(O)C(O)CO)C4)c(F)c3)CC2)nc1. The van der Waals surface area contributed by atoms with Crippen LogP contribution in [0.2, 0.25) is 0 Å². The molecule has 1 amide bonds. The Morgan fingerprint density at radius 2 is 1.66 bits per heavy atom. The highest BCUT2D eigenvalue weighted by Gasteiger charge is 2.33. The Hall–Kier alpha value is -3.01. The number of aliphatic hydroxyl groups is 5. The smallest absolute Gasteiger partial charge is 0.227 e. The molecule has 1 aromatic heterocycles. The van der Waals surface area contributed by atoms with Gasteiger partial charge in [-0.05, 0) is 43.6 Å². The van der Waals surface area contributed by atoms with Gasteiger partial charge < -0.3 is 45.4 Å². The van der Waals surface area contributed by atoms with Crippen LogP contribution >= 0.6 is 0 Å². The van der Waals surface area contributed by atoms with E-state index in [1.54, 1.807) is 0 Å². The van der Waals surface area contributed by atoms with Gasteiger partial charge in [0.1, 0.15) is 35.7 Å². The topological polar surface area (TPSA) is 172 Å². The lowest BCUT2D eigenvalue weighted by Crippen LogP contribution is -2.55. The van der Waals surface area contributed by atoms with Crippen LogP contribution in [0.4, 0.5) is 14.7 Å². The van der Waals surface area contributed by atoms with Gasteiger partial charge in [-0.15, -0.1) is 0 Å². The van der Waals surface area contributed by atoms with E-state index in [0.29, 0.717) is 32.2 Å². The van der Waals surface area contributed by atoms with E-state index < -0.39 is 55.0 Å². The summed E-state index contributed by atoms with van der Waals surface area (Å²) in [6, 6.07) is 2.24. The Morgan fingerprint density at radius 3 is 2.28 bits per heavy atom. The van der Waals surface area contributed by atoms with Crippen LogP contribution in [0.5, 0.6) is 5.75 Å². The largest absolute Gasteiger partial charge is 0.493 e. The van der Waals surface area contributed by atoms with E-state index in [2.05, 4.69) is 27.1 Å². The zero-order chi connectivity index (χ0) is 33.9. The lowest BCUT2D eigenvalue weighted by molar-refractivity contribution is -0.136. The van der Waals surface area contributed by atoms with Gasteiger partial charge in [0.25, 0.3) is 0 Å². The van der Waals surface area contributed by atoms with E-state index in [9.17, 15) is 34.0 Å². The van der Waals surface area contributed by atoms with Gasteiger partial charge in [0.15, 0.2) is 0 Å². The minimum atomic E-state index is -1.70. The first-order valence-corrected chi connectivity index (χ1v) is 16.6. The van der Waals surface area contributed by atoms with E-state index in [1.165, 1.54) is 4.90 Å². The first kappa shape index (κ1) is 36.8. The van der Waals surface area contributed by atoms with Gasteiger partial charge in [0.2, 0.25) is 11.9 Å². The number of benzene rings is 1. The van der Waals surface area contributed by atoms with Crippen molar-refractivity contribution in [3.8, 4) is 5.75 Å². The third kappa shape index (κ3) is 10.5. The fourth-order valence-electron chi connectivity index (χ4n) is 6.03. The second-order valence-corrected chi connectivity index (χ2v) is 12.7. The van der Waals surface area contributed by atoms with Crippen LogP contribution in [0.25, 0.3) is 0 Å². The van der Waals surface area contributed by atoms with Crippen LogP contribution in [0, 0.1) is 23.5 Å². The number of carbonyl (C=O) groups excluding carboxylic acids is 1. The zero-order valence-corrected chi connectivity index (χ0v) is 27.0. The number of hydrogen-bond donors (Lipinski definition) is 6. The summed E-state index contributed by atoms with van der Waals surface area (Å²) < 4.78 is 35.3. The fourth-order valence-corrected chi connectivity index (χ4v) is 6.03. The molecule has 262 valence electrons. The number of aromatic nitrogens is 2. The molecule has 14 heteroatoms. The van der Waals surface area contributed by atoms with Crippen LogP contribution < -0.4 is 15.0 Å². The van der Waals surface area contributed by atoms with Crippen molar-refractivity contribution in [1.82, 2.24) is 20.2 Å². The van der Waals surface area contributed by atoms with Crippen molar-refractivity contribution in [2.45, 2.75) is 76.3 Å². The second-order valence-electron chi connectivity index (χ2n) is 12.7. The van der Waals surface area contributed by atoms with Gasteiger partial charge in [-0.3, -0.25) is 4.79 Å². The molecule has 2 aliphatic rings. The molecule has 2 fully saturated rings. The van der Waals surface area contributed by atoms with Gasteiger partial charge in [-0.2, -0.15) is 0 Å². The van der Waals surface area contributed by atoms with Gasteiger partial charge in [-0.1, -0.05) is 13.3 Å². The highest BCUT2D eigenvalue weighted by Crippen LogP contribution is 2.26. The first-order chi connectivity index (χ1) is 22.6. The number of rotatable bonds is 18. The number of hydrogen-bond acceptors (Lipinski definition) is 11. The number of piperidine rings is 1. The fraction of sp³-hybridized carbons (Fsp3) is 0.667. The summed E-state index contributed by atoms with van der Waals surface area (Å²) in [6.07, 6.45) is 2.87. The molecule has 0 spiro atoms. The number of likely N-dealkylation sites (tertiary alicyclic amines) is 1. The van der Waals surface area contributed by atoms with Crippen LogP contribution in [0.15, 0.2) is 24.5 Å². The molecule has 47 heavy (non-hydrogen) atoms. The Morgan fingerprint density at radius 1 is 1.02 bits per heavy atom. The molecule has 4 atom stereocenters. The number of carbonyl (C=O) groups is 1. The maximum Gasteiger partial charge on any atom is 0.227 e. The van der Waals surface area contributed by atoms with Gasteiger partial charge in [-0.25, -0.2) is 18.7 Å². The van der Waals surface area contributed by atoms with Crippen molar-refractivity contribution in [2.75, 3.05) is 57.4 Å². The van der Waals surface area contributed by atoms with E-state index in [0.717, 1.165) is 75.3 Å². The van der Waals surface area contributed by atoms with E-state index in [1.807, 2.05) is 12.4 Å². The predicted molar refractivity (Wildman–Crippen MR) is 170 cm³/mol. The molecule has 4 unspecified atom stereocenters. The minimum Gasteiger partial charge on any atom is -0.493 e. The minimum absolute atomic E-state index is 0.0333. The summed E-state index contributed by atoms with van der Waals surface area (Å²) in [6.45, 7) is 4.52. The average molecular weight is 666 g/mol. The van der Waals surface area contributed by atoms with Crippen molar-refractivity contribution in [3.05, 3.63) is 47.3 Å². The lowest BCUT2D eigenvalue weighted by Gasteiger charge is -2.39. The molecule has 2 aromatic rings. The zero-order valence-electron chi connectivity index (χ0n) is 27.0.